The molecule has 1 fully saturated rings. The number of anilines is 1. The number of halogens is 1. The highest BCUT2D eigenvalue weighted by Crippen LogP contribution is 2.26. The van der Waals surface area contributed by atoms with E-state index < -0.39 is 0 Å². The van der Waals surface area contributed by atoms with E-state index >= 15 is 0 Å². The van der Waals surface area contributed by atoms with Crippen LogP contribution in [0.4, 0.5) is 5.82 Å². The number of alkyl halides is 1. The normalized spacial score (nSPS) is 17.6. The zero-order valence-corrected chi connectivity index (χ0v) is 13.9. The molecule has 0 radical (unpaired) electrons. The molecule has 0 saturated carbocycles. The van der Waals surface area contributed by atoms with E-state index in [0.717, 1.165) is 44.2 Å². The molecule has 1 aromatic heterocycles. The van der Waals surface area contributed by atoms with Gasteiger partial charge in [0.15, 0.2) is 0 Å². The van der Waals surface area contributed by atoms with Crippen LogP contribution >= 0.6 is 11.6 Å². The molecular weight excluding hydrogens is 270 g/mol. The van der Waals surface area contributed by atoms with E-state index in [9.17, 15) is 0 Å². The number of hydrogen-bond acceptors (Lipinski definition) is 3. The van der Waals surface area contributed by atoms with Gasteiger partial charge in [0.05, 0.1) is 0 Å². The minimum atomic E-state index is 0.0576. The van der Waals surface area contributed by atoms with Gasteiger partial charge in [0.1, 0.15) is 5.82 Å². The highest BCUT2D eigenvalue weighted by atomic mass is 35.5. The van der Waals surface area contributed by atoms with Crippen molar-refractivity contribution in [3.05, 3.63) is 23.4 Å². The van der Waals surface area contributed by atoms with Gasteiger partial charge >= 0.3 is 0 Å². The standard InChI is InChI=1S/C16H26ClN3/c1-5-19-6-8-20(9-7-19)15-11-13(12-17)10-14(18-15)16(2,3)4/h10-11H,5-9,12H2,1-4H3. The van der Waals surface area contributed by atoms with Crippen molar-refractivity contribution in [2.45, 2.75) is 39.0 Å². The summed E-state index contributed by atoms with van der Waals surface area (Å²) in [5, 5.41) is 0. The average molecular weight is 296 g/mol. The summed E-state index contributed by atoms with van der Waals surface area (Å²) in [4.78, 5) is 9.74. The molecule has 2 heterocycles. The Morgan fingerprint density at radius 1 is 1.15 bits per heavy atom. The zero-order valence-electron chi connectivity index (χ0n) is 13.1. The van der Waals surface area contributed by atoms with Gasteiger partial charge in [0.2, 0.25) is 0 Å². The molecule has 3 nitrogen and oxygen atoms in total. The number of rotatable bonds is 3. The lowest BCUT2D eigenvalue weighted by Gasteiger charge is -2.35. The Bertz CT molecular complexity index is 446. The van der Waals surface area contributed by atoms with Crippen LogP contribution in [-0.4, -0.2) is 42.6 Å². The first kappa shape index (κ1) is 15.6. The van der Waals surface area contributed by atoms with Crippen LogP contribution in [0.3, 0.4) is 0 Å². The van der Waals surface area contributed by atoms with Crippen molar-refractivity contribution < 1.29 is 0 Å². The fourth-order valence-electron chi connectivity index (χ4n) is 2.49. The third kappa shape index (κ3) is 3.64. The molecule has 0 aliphatic carbocycles. The van der Waals surface area contributed by atoms with Gasteiger partial charge in [0.25, 0.3) is 0 Å². The highest BCUT2D eigenvalue weighted by molar-refractivity contribution is 6.17. The van der Waals surface area contributed by atoms with E-state index in [1.807, 2.05) is 0 Å². The predicted octanol–water partition coefficient (Wildman–Crippen LogP) is 3.26. The van der Waals surface area contributed by atoms with Crippen LogP contribution < -0.4 is 4.90 Å². The van der Waals surface area contributed by atoms with Gasteiger partial charge in [-0.3, -0.25) is 0 Å². The highest BCUT2D eigenvalue weighted by Gasteiger charge is 2.21. The van der Waals surface area contributed by atoms with Crippen molar-refractivity contribution in [3.8, 4) is 0 Å². The molecule has 0 amide bonds. The van der Waals surface area contributed by atoms with Crippen molar-refractivity contribution in [1.82, 2.24) is 9.88 Å². The Balaban J connectivity index is 2.23. The maximum Gasteiger partial charge on any atom is 0.129 e. The molecule has 0 atom stereocenters. The monoisotopic (exact) mass is 295 g/mol. The van der Waals surface area contributed by atoms with E-state index in [1.165, 1.54) is 5.56 Å². The number of pyridine rings is 1. The second-order valence-corrected chi connectivity index (χ2v) is 6.79. The topological polar surface area (TPSA) is 19.4 Å². The third-order valence-electron chi connectivity index (χ3n) is 3.94. The van der Waals surface area contributed by atoms with Gasteiger partial charge in [-0.05, 0) is 24.2 Å². The molecule has 1 aromatic rings. The van der Waals surface area contributed by atoms with Gasteiger partial charge in [-0.25, -0.2) is 4.98 Å². The van der Waals surface area contributed by atoms with Crippen molar-refractivity contribution >= 4 is 17.4 Å². The van der Waals surface area contributed by atoms with E-state index in [-0.39, 0.29) is 5.41 Å². The first-order chi connectivity index (χ1) is 9.44. The lowest BCUT2D eigenvalue weighted by Crippen LogP contribution is -2.46. The molecule has 0 spiro atoms. The average Bonchev–Trinajstić information content (AvgIpc) is 2.46. The number of hydrogen-bond donors (Lipinski definition) is 0. The summed E-state index contributed by atoms with van der Waals surface area (Å²) in [5.74, 6) is 1.64. The molecule has 2 rings (SSSR count). The van der Waals surface area contributed by atoms with Crippen molar-refractivity contribution in [3.63, 3.8) is 0 Å². The van der Waals surface area contributed by atoms with Crippen molar-refractivity contribution in [2.75, 3.05) is 37.6 Å². The third-order valence-corrected chi connectivity index (χ3v) is 4.25. The largest absolute Gasteiger partial charge is 0.354 e. The lowest BCUT2D eigenvalue weighted by atomic mass is 9.91. The number of aromatic nitrogens is 1. The number of nitrogens with zero attached hydrogens (tertiary/aromatic N) is 3. The Labute approximate surface area is 127 Å². The fraction of sp³-hybridized carbons (Fsp3) is 0.688. The molecule has 112 valence electrons. The summed E-state index contributed by atoms with van der Waals surface area (Å²) < 4.78 is 0. The van der Waals surface area contributed by atoms with E-state index in [4.69, 9.17) is 16.6 Å². The summed E-state index contributed by atoms with van der Waals surface area (Å²) in [5.41, 5.74) is 2.35. The minimum absolute atomic E-state index is 0.0576. The van der Waals surface area contributed by atoms with E-state index in [2.05, 4.69) is 49.6 Å². The predicted molar refractivity (Wildman–Crippen MR) is 86.8 cm³/mol. The van der Waals surface area contributed by atoms with Gasteiger partial charge in [0, 0.05) is 43.2 Å². The maximum atomic E-state index is 6.05. The van der Waals surface area contributed by atoms with Gasteiger partial charge < -0.3 is 9.80 Å². The maximum absolute atomic E-state index is 6.05. The molecule has 0 N–H and O–H groups in total. The second-order valence-electron chi connectivity index (χ2n) is 6.52. The van der Waals surface area contributed by atoms with Crippen LogP contribution in [0.5, 0.6) is 0 Å². The zero-order chi connectivity index (χ0) is 14.8. The molecule has 4 heteroatoms. The quantitative estimate of drug-likeness (QED) is 0.798. The Morgan fingerprint density at radius 3 is 2.30 bits per heavy atom. The summed E-state index contributed by atoms with van der Waals surface area (Å²) >= 11 is 6.05. The van der Waals surface area contributed by atoms with Crippen molar-refractivity contribution in [1.29, 1.82) is 0 Å². The first-order valence-corrected chi connectivity index (χ1v) is 8.02. The Kier molecular flexibility index (Phi) is 4.92. The molecule has 0 aromatic carbocycles. The summed E-state index contributed by atoms with van der Waals surface area (Å²) in [6.07, 6.45) is 0. The van der Waals surface area contributed by atoms with Crippen LogP contribution in [0.2, 0.25) is 0 Å². The van der Waals surface area contributed by atoms with Crippen LogP contribution in [0.15, 0.2) is 12.1 Å². The summed E-state index contributed by atoms with van der Waals surface area (Å²) in [7, 11) is 0. The Morgan fingerprint density at radius 2 is 1.80 bits per heavy atom. The minimum Gasteiger partial charge on any atom is -0.354 e. The van der Waals surface area contributed by atoms with Gasteiger partial charge in [-0.1, -0.05) is 27.7 Å². The fourth-order valence-corrected chi connectivity index (χ4v) is 2.64. The van der Waals surface area contributed by atoms with Crippen LogP contribution in [0.25, 0.3) is 0 Å². The second kappa shape index (κ2) is 6.31. The van der Waals surface area contributed by atoms with Gasteiger partial charge in [-0.15, -0.1) is 11.6 Å². The molecule has 0 unspecified atom stereocenters. The molecule has 1 saturated heterocycles. The number of piperazine rings is 1. The van der Waals surface area contributed by atoms with E-state index in [0.29, 0.717) is 5.88 Å². The SMILES string of the molecule is CCN1CCN(c2cc(CCl)cc(C(C)(C)C)n2)CC1. The molecule has 1 aliphatic heterocycles. The molecule has 20 heavy (non-hydrogen) atoms. The molecular formula is C16H26ClN3. The molecule has 1 aliphatic rings. The molecule has 0 bridgehead atoms. The summed E-state index contributed by atoms with van der Waals surface area (Å²) in [6.45, 7) is 14.3. The summed E-state index contributed by atoms with van der Waals surface area (Å²) in [6, 6.07) is 4.28. The Hall–Kier alpha value is -0.800. The van der Waals surface area contributed by atoms with E-state index in [1.54, 1.807) is 0 Å². The van der Waals surface area contributed by atoms with Gasteiger partial charge in [-0.2, -0.15) is 0 Å². The van der Waals surface area contributed by atoms with Crippen molar-refractivity contribution in [2.24, 2.45) is 0 Å². The smallest absolute Gasteiger partial charge is 0.129 e. The van der Waals surface area contributed by atoms with Crippen LogP contribution in [-0.2, 0) is 11.3 Å². The lowest BCUT2D eigenvalue weighted by molar-refractivity contribution is 0.270. The van der Waals surface area contributed by atoms with Crippen LogP contribution in [0, 0.1) is 0 Å². The first-order valence-electron chi connectivity index (χ1n) is 7.48. The number of likely N-dealkylation sites (N-methyl/N-ethyl adjacent to an activating group) is 1. The van der Waals surface area contributed by atoms with Crippen LogP contribution in [0.1, 0.15) is 39.0 Å².